The highest BCUT2D eigenvalue weighted by molar-refractivity contribution is 6.04. The molecule has 1 rings (SSSR count). The number of esters is 2. The van der Waals surface area contributed by atoms with E-state index in [-0.39, 0.29) is 11.1 Å². The van der Waals surface area contributed by atoms with Gasteiger partial charge in [0.2, 0.25) is 0 Å². The minimum Gasteiger partial charge on any atom is -0.493 e. The highest BCUT2D eigenvalue weighted by Gasteiger charge is 2.22. The van der Waals surface area contributed by atoms with Gasteiger partial charge in [-0.05, 0) is 12.1 Å². The molecule has 98 valence electrons. The van der Waals surface area contributed by atoms with Crippen LogP contribution in [0.15, 0.2) is 12.1 Å². The molecule has 0 atom stereocenters. The Morgan fingerprint density at radius 2 is 1.11 bits per heavy atom. The van der Waals surface area contributed by atoms with Crippen LogP contribution in [0.25, 0.3) is 0 Å². The van der Waals surface area contributed by atoms with E-state index in [1.54, 1.807) is 0 Å². The lowest BCUT2D eigenvalue weighted by molar-refractivity contribution is 0.0554. The minimum atomic E-state index is -0.656. The normalized spacial score (nSPS) is 9.56. The smallest absolute Gasteiger partial charge is 0.338 e. The van der Waals surface area contributed by atoms with E-state index in [9.17, 15) is 9.59 Å². The summed E-state index contributed by atoms with van der Waals surface area (Å²) in [4.78, 5) is 23.2. The van der Waals surface area contributed by atoms with Crippen LogP contribution in [0.2, 0.25) is 0 Å². The Labute approximate surface area is 104 Å². The monoisotopic (exact) mass is 254 g/mol. The molecule has 0 fully saturated rings. The van der Waals surface area contributed by atoms with Crippen LogP contribution in [0.1, 0.15) is 20.7 Å². The first-order chi connectivity index (χ1) is 8.58. The van der Waals surface area contributed by atoms with Crippen molar-refractivity contribution < 1.29 is 28.5 Å². The second-order valence-electron chi connectivity index (χ2n) is 3.24. The van der Waals surface area contributed by atoms with Gasteiger partial charge < -0.3 is 18.9 Å². The first-order valence-electron chi connectivity index (χ1n) is 5.01. The standard InChI is InChI=1S/C12H14O6/c1-15-9-5-7(11(13)17-3)8(12(14)18-4)6-10(9)16-2/h5-6H,1-4H3. The van der Waals surface area contributed by atoms with Crippen molar-refractivity contribution in [2.24, 2.45) is 0 Å². The molecule has 0 spiro atoms. The second kappa shape index (κ2) is 5.90. The summed E-state index contributed by atoms with van der Waals surface area (Å²) in [6, 6.07) is 2.74. The van der Waals surface area contributed by atoms with E-state index in [1.165, 1.54) is 40.6 Å². The average Bonchev–Trinajstić information content (AvgIpc) is 2.43. The average molecular weight is 254 g/mol. The largest absolute Gasteiger partial charge is 0.493 e. The number of carbonyl (C=O) groups excluding carboxylic acids is 2. The van der Waals surface area contributed by atoms with Gasteiger partial charge in [0.25, 0.3) is 0 Å². The zero-order valence-electron chi connectivity index (χ0n) is 10.6. The van der Waals surface area contributed by atoms with Crippen molar-refractivity contribution in [3.8, 4) is 11.5 Å². The third kappa shape index (κ3) is 2.53. The highest BCUT2D eigenvalue weighted by Crippen LogP contribution is 2.31. The number of methoxy groups -OCH3 is 4. The summed E-state index contributed by atoms with van der Waals surface area (Å²) in [5, 5.41) is 0. The van der Waals surface area contributed by atoms with Crippen LogP contribution in [0, 0.1) is 0 Å². The summed E-state index contributed by atoms with van der Waals surface area (Å²) in [6.07, 6.45) is 0. The van der Waals surface area contributed by atoms with E-state index in [0.29, 0.717) is 11.5 Å². The van der Waals surface area contributed by atoms with Gasteiger partial charge in [0.05, 0.1) is 39.6 Å². The molecule has 0 saturated carbocycles. The summed E-state index contributed by atoms with van der Waals surface area (Å²) >= 11 is 0. The molecule has 0 amide bonds. The molecule has 0 aromatic heterocycles. The quantitative estimate of drug-likeness (QED) is 0.754. The molecule has 0 N–H and O–H groups in total. The Morgan fingerprint density at radius 3 is 1.33 bits per heavy atom. The van der Waals surface area contributed by atoms with Crippen LogP contribution in [-0.4, -0.2) is 40.4 Å². The van der Waals surface area contributed by atoms with Gasteiger partial charge in [0, 0.05) is 0 Å². The van der Waals surface area contributed by atoms with Gasteiger partial charge in [-0.1, -0.05) is 0 Å². The van der Waals surface area contributed by atoms with Crippen LogP contribution >= 0.6 is 0 Å². The van der Waals surface area contributed by atoms with Crippen LogP contribution in [0.5, 0.6) is 11.5 Å². The molecule has 1 aromatic rings. The SMILES string of the molecule is COC(=O)c1cc(OC)c(OC)cc1C(=O)OC. The molecule has 0 radical (unpaired) electrons. The first-order valence-corrected chi connectivity index (χ1v) is 5.01. The van der Waals surface area contributed by atoms with Gasteiger partial charge in [-0.15, -0.1) is 0 Å². The molecule has 0 unspecified atom stereocenters. The van der Waals surface area contributed by atoms with Crippen LogP contribution in [0.3, 0.4) is 0 Å². The predicted octanol–water partition coefficient (Wildman–Crippen LogP) is 1.28. The van der Waals surface area contributed by atoms with Crippen molar-refractivity contribution in [1.82, 2.24) is 0 Å². The van der Waals surface area contributed by atoms with Crippen molar-refractivity contribution in [2.45, 2.75) is 0 Å². The number of ether oxygens (including phenoxy) is 4. The molecule has 6 nitrogen and oxygen atoms in total. The van der Waals surface area contributed by atoms with Crippen LogP contribution in [-0.2, 0) is 9.47 Å². The zero-order valence-corrected chi connectivity index (χ0v) is 10.6. The fraction of sp³-hybridized carbons (Fsp3) is 0.333. The van der Waals surface area contributed by atoms with Gasteiger partial charge in [-0.25, -0.2) is 9.59 Å². The summed E-state index contributed by atoms with van der Waals surface area (Å²) in [5.41, 5.74) is 0.115. The molecule has 18 heavy (non-hydrogen) atoms. The number of benzene rings is 1. The maximum atomic E-state index is 11.6. The number of rotatable bonds is 4. The van der Waals surface area contributed by atoms with E-state index in [4.69, 9.17) is 9.47 Å². The maximum Gasteiger partial charge on any atom is 0.338 e. The van der Waals surface area contributed by atoms with Crippen molar-refractivity contribution in [3.05, 3.63) is 23.3 Å². The number of hydrogen-bond acceptors (Lipinski definition) is 6. The molecular weight excluding hydrogens is 240 g/mol. The predicted molar refractivity (Wildman–Crippen MR) is 62.2 cm³/mol. The molecule has 0 aliphatic carbocycles. The molecule has 0 aliphatic rings. The Kier molecular flexibility index (Phi) is 4.53. The second-order valence-corrected chi connectivity index (χ2v) is 3.24. The fourth-order valence-electron chi connectivity index (χ4n) is 1.44. The first kappa shape index (κ1) is 13.8. The molecular formula is C12H14O6. The van der Waals surface area contributed by atoms with Gasteiger partial charge in [-0.3, -0.25) is 0 Å². The Balaban J connectivity index is 3.45. The molecule has 1 aromatic carbocycles. The van der Waals surface area contributed by atoms with Crippen molar-refractivity contribution >= 4 is 11.9 Å². The van der Waals surface area contributed by atoms with E-state index >= 15 is 0 Å². The third-order valence-electron chi connectivity index (χ3n) is 2.33. The minimum absolute atomic E-state index is 0.0574. The Bertz CT molecular complexity index is 423. The topological polar surface area (TPSA) is 71.1 Å². The molecule has 0 aliphatic heterocycles. The third-order valence-corrected chi connectivity index (χ3v) is 2.33. The Morgan fingerprint density at radius 1 is 0.778 bits per heavy atom. The molecule has 0 heterocycles. The van der Waals surface area contributed by atoms with Gasteiger partial charge >= 0.3 is 11.9 Å². The zero-order chi connectivity index (χ0) is 13.7. The summed E-state index contributed by atoms with van der Waals surface area (Å²) in [5.74, 6) is -0.663. The molecule has 0 saturated heterocycles. The van der Waals surface area contributed by atoms with Crippen LogP contribution in [0.4, 0.5) is 0 Å². The molecule has 6 heteroatoms. The lowest BCUT2D eigenvalue weighted by Gasteiger charge is -2.12. The van der Waals surface area contributed by atoms with E-state index in [1.807, 2.05) is 0 Å². The lowest BCUT2D eigenvalue weighted by Crippen LogP contribution is -2.12. The van der Waals surface area contributed by atoms with E-state index < -0.39 is 11.9 Å². The van der Waals surface area contributed by atoms with Crippen molar-refractivity contribution in [2.75, 3.05) is 28.4 Å². The van der Waals surface area contributed by atoms with Crippen molar-refractivity contribution in [3.63, 3.8) is 0 Å². The van der Waals surface area contributed by atoms with Gasteiger partial charge in [0.1, 0.15) is 0 Å². The number of carbonyl (C=O) groups is 2. The highest BCUT2D eigenvalue weighted by atomic mass is 16.5. The molecule has 0 bridgehead atoms. The van der Waals surface area contributed by atoms with Gasteiger partial charge in [-0.2, -0.15) is 0 Å². The fourth-order valence-corrected chi connectivity index (χ4v) is 1.44. The van der Waals surface area contributed by atoms with Crippen LogP contribution < -0.4 is 9.47 Å². The summed E-state index contributed by atoms with van der Waals surface area (Å²) < 4.78 is 19.3. The van der Waals surface area contributed by atoms with Crippen molar-refractivity contribution in [1.29, 1.82) is 0 Å². The maximum absolute atomic E-state index is 11.6. The summed E-state index contributed by atoms with van der Waals surface area (Å²) in [6.45, 7) is 0. The Hall–Kier alpha value is -2.24. The number of hydrogen-bond donors (Lipinski definition) is 0. The van der Waals surface area contributed by atoms with E-state index in [0.717, 1.165) is 0 Å². The van der Waals surface area contributed by atoms with Gasteiger partial charge in [0.15, 0.2) is 11.5 Å². The lowest BCUT2D eigenvalue weighted by atomic mass is 10.1. The van der Waals surface area contributed by atoms with E-state index in [2.05, 4.69) is 9.47 Å². The summed E-state index contributed by atoms with van der Waals surface area (Å²) in [7, 11) is 5.30.